The van der Waals surface area contributed by atoms with Crippen molar-refractivity contribution in [3.8, 4) is 6.07 Å². The lowest BCUT2D eigenvalue weighted by atomic mass is 9.86. The normalized spacial score (nSPS) is 21.8. The van der Waals surface area contributed by atoms with E-state index in [1.807, 2.05) is 36.4 Å². The summed E-state index contributed by atoms with van der Waals surface area (Å²) in [6.45, 7) is 5.55. The molecule has 2 unspecified atom stereocenters. The molecule has 142 valence electrons. The molecule has 2 atom stereocenters. The van der Waals surface area contributed by atoms with E-state index in [2.05, 4.69) is 18.0 Å². The molecule has 1 aliphatic rings. The summed E-state index contributed by atoms with van der Waals surface area (Å²) < 4.78 is 0. The molecule has 2 amide bonds. The quantitative estimate of drug-likeness (QED) is 0.876. The predicted molar refractivity (Wildman–Crippen MR) is 108 cm³/mol. The van der Waals surface area contributed by atoms with Gasteiger partial charge in [-0.2, -0.15) is 5.26 Å². The highest BCUT2D eigenvalue weighted by Gasteiger charge is 2.46. The Morgan fingerprint density at radius 3 is 2.57 bits per heavy atom. The molecule has 0 spiro atoms. The average molecular weight is 373 g/mol. The third-order valence-electron chi connectivity index (χ3n) is 5.31. The summed E-state index contributed by atoms with van der Waals surface area (Å²) in [6.07, 6.45) is 2.35. The second kappa shape index (κ2) is 7.69. The SMILES string of the molecule is C=Cc1cccc(C#N)c1CC1C(=O)NC(C)(Cc2ccccc2)C(=O)N1C. The molecule has 1 N–H and O–H groups in total. The van der Waals surface area contributed by atoms with E-state index >= 15 is 0 Å². The lowest BCUT2D eigenvalue weighted by Crippen LogP contribution is -2.69. The van der Waals surface area contributed by atoms with Gasteiger partial charge in [-0.05, 0) is 29.7 Å². The van der Waals surface area contributed by atoms with Gasteiger partial charge in [-0.1, -0.05) is 55.1 Å². The van der Waals surface area contributed by atoms with Crippen LogP contribution in [0.5, 0.6) is 0 Å². The van der Waals surface area contributed by atoms with Crippen LogP contribution in [-0.4, -0.2) is 35.3 Å². The van der Waals surface area contributed by atoms with Gasteiger partial charge < -0.3 is 10.2 Å². The lowest BCUT2D eigenvalue weighted by Gasteiger charge is -2.43. The first-order chi connectivity index (χ1) is 13.4. The minimum Gasteiger partial charge on any atom is -0.340 e. The molecule has 2 aromatic rings. The average Bonchev–Trinajstić information content (AvgIpc) is 2.70. The van der Waals surface area contributed by atoms with Crippen molar-refractivity contribution in [3.63, 3.8) is 0 Å². The first kappa shape index (κ1) is 19.4. The number of rotatable bonds is 5. The number of amides is 2. The predicted octanol–water partition coefficient (Wildman–Crippen LogP) is 2.70. The molecule has 0 bridgehead atoms. The number of likely N-dealkylation sites (N-methyl/N-ethyl adjacent to an activating group) is 1. The molecule has 5 nitrogen and oxygen atoms in total. The van der Waals surface area contributed by atoms with Gasteiger partial charge in [0.1, 0.15) is 11.6 Å². The summed E-state index contributed by atoms with van der Waals surface area (Å²) in [7, 11) is 1.65. The highest BCUT2D eigenvalue weighted by atomic mass is 16.2. The zero-order chi connectivity index (χ0) is 20.3. The summed E-state index contributed by atoms with van der Waals surface area (Å²) in [5.41, 5.74) is 1.99. The first-order valence-corrected chi connectivity index (χ1v) is 9.17. The Kier molecular flexibility index (Phi) is 5.32. The highest BCUT2D eigenvalue weighted by Crippen LogP contribution is 2.26. The van der Waals surface area contributed by atoms with Crippen LogP contribution in [0.4, 0.5) is 0 Å². The molecule has 5 heteroatoms. The van der Waals surface area contributed by atoms with Gasteiger partial charge in [0.15, 0.2) is 0 Å². The van der Waals surface area contributed by atoms with Gasteiger partial charge in [0.25, 0.3) is 0 Å². The minimum absolute atomic E-state index is 0.143. The highest BCUT2D eigenvalue weighted by molar-refractivity contribution is 5.99. The van der Waals surface area contributed by atoms with Crippen LogP contribution < -0.4 is 5.32 Å². The van der Waals surface area contributed by atoms with Crippen molar-refractivity contribution in [1.82, 2.24) is 10.2 Å². The van der Waals surface area contributed by atoms with Crippen molar-refractivity contribution >= 4 is 17.9 Å². The number of nitrogens with zero attached hydrogens (tertiary/aromatic N) is 2. The van der Waals surface area contributed by atoms with E-state index in [4.69, 9.17) is 0 Å². The van der Waals surface area contributed by atoms with Crippen LogP contribution in [0, 0.1) is 11.3 Å². The van der Waals surface area contributed by atoms with Gasteiger partial charge in [0, 0.05) is 19.9 Å². The molecule has 0 radical (unpaired) electrons. The molecule has 1 aliphatic heterocycles. The van der Waals surface area contributed by atoms with Crippen molar-refractivity contribution in [2.45, 2.75) is 31.3 Å². The maximum Gasteiger partial charge on any atom is 0.248 e. The van der Waals surface area contributed by atoms with Gasteiger partial charge in [0.2, 0.25) is 11.8 Å². The zero-order valence-corrected chi connectivity index (χ0v) is 16.1. The second-order valence-corrected chi connectivity index (χ2v) is 7.31. The van der Waals surface area contributed by atoms with Crippen molar-refractivity contribution in [3.05, 3.63) is 77.4 Å². The Morgan fingerprint density at radius 2 is 1.93 bits per heavy atom. The number of hydrogen-bond acceptors (Lipinski definition) is 3. The Hall–Kier alpha value is -3.39. The Morgan fingerprint density at radius 1 is 1.21 bits per heavy atom. The number of carbonyl (C=O) groups is 2. The van der Waals surface area contributed by atoms with Crippen LogP contribution in [-0.2, 0) is 22.4 Å². The second-order valence-electron chi connectivity index (χ2n) is 7.31. The van der Waals surface area contributed by atoms with Gasteiger partial charge >= 0.3 is 0 Å². The number of benzene rings is 2. The van der Waals surface area contributed by atoms with Crippen LogP contribution >= 0.6 is 0 Å². The minimum atomic E-state index is -1.00. The smallest absolute Gasteiger partial charge is 0.248 e. The fourth-order valence-corrected chi connectivity index (χ4v) is 3.79. The van der Waals surface area contributed by atoms with Crippen molar-refractivity contribution in [2.24, 2.45) is 0 Å². The third-order valence-corrected chi connectivity index (χ3v) is 5.31. The van der Waals surface area contributed by atoms with Crippen molar-refractivity contribution in [2.75, 3.05) is 7.05 Å². The number of nitrogens with one attached hydrogen (secondary N) is 1. The fraction of sp³-hybridized carbons (Fsp3) is 0.261. The third kappa shape index (κ3) is 3.54. The summed E-state index contributed by atoms with van der Waals surface area (Å²) in [5.74, 6) is -0.362. The Labute approximate surface area is 165 Å². The van der Waals surface area contributed by atoms with Crippen LogP contribution in [0.25, 0.3) is 6.08 Å². The maximum atomic E-state index is 13.1. The van der Waals surface area contributed by atoms with E-state index in [0.717, 1.165) is 16.7 Å². The number of hydrogen-bond donors (Lipinski definition) is 1. The molecule has 0 saturated carbocycles. The van der Waals surface area contributed by atoms with E-state index < -0.39 is 11.6 Å². The van der Waals surface area contributed by atoms with Crippen LogP contribution in [0.2, 0.25) is 0 Å². The summed E-state index contributed by atoms with van der Waals surface area (Å²) in [6, 6.07) is 16.5. The van der Waals surface area contributed by atoms with E-state index in [0.29, 0.717) is 12.0 Å². The molecule has 1 saturated heterocycles. The first-order valence-electron chi connectivity index (χ1n) is 9.17. The van der Waals surface area contributed by atoms with E-state index in [9.17, 15) is 14.9 Å². The van der Waals surface area contributed by atoms with Gasteiger partial charge in [-0.3, -0.25) is 9.59 Å². The zero-order valence-electron chi connectivity index (χ0n) is 16.1. The van der Waals surface area contributed by atoms with Crippen LogP contribution in [0.1, 0.15) is 29.2 Å². The number of nitriles is 1. The largest absolute Gasteiger partial charge is 0.340 e. The van der Waals surface area contributed by atoms with E-state index in [1.165, 1.54) is 4.90 Å². The summed E-state index contributed by atoms with van der Waals surface area (Å²) in [5, 5.41) is 12.4. The molecule has 1 heterocycles. The maximum absolute atomic E-state index is 13.1. The van der Waals surface area contributed by atoms with Crippen molar-refractivity contribution < 1.29 is 9.59 Å². The number of piperazine rings is 1. The van der Waals surface area contributed by atoms with E-state index in [-0.39, 0.29) is 18.2 Å². The molecular weight excluding hydrogens is 350 g/mol. The Balaban J connectivity index is 1.88. The molecule has 0 aliphatic carbocycles. The molecule has 1 fully saturated rings. The standard InChI is InChI=1S/C23H23N3O2/c1-4-17-11-8-12-18(15-24)19(17)13-20-21(27)25-23(2,22(28)26(20)3)14-16-9-6-5-7-10-16/h4-12,20H,1,13-14H2,2-3H3,(H,25,27). The lowest BCUT2D eigenvalue weighted by molar-refractivity contribution is -0.152. The van der Waals surface area contributed by atoms with Gasteiger partial charge in [-0.15, -0.1) is 0 Å². The van der Waals surface area contributed by atoms with E-state index in [1.54, 1.807) is 32.2 Å². The van der Waals surface area contributed by atoms with Gasteiger partial charge in [0.05, 0.1) is 11.6 Å². The molecular formula is C23H23N3O2. The molecule has 2 aromatic carbocycles. The monoisotopic (exact) mass is 373 g/mol. The number of carbonyl (C=O) groups excluding carboxylic acids is 2. The van der Waals surface area contributed by atoms with Gasteiger partial charge in [-0.25, -0.2) is 0 Å². The summed E-state index contributed by atoms with van der Waals surface area (Å²) >= 11 is 0. The molecule has 0 aromatic heterocycles. The molecule has 3 rings (SSSR count). The summed E-state index contributed by atoms with van der Waals surface area (Å²) in [4.78, 5) is 27.6. The van der Waals surface area contributed by atoms with Crippen LogP contribution in [0.15, 0.2) is 55.1 Å². The topological polar surface area (TPSA) is 73.2 Å². The fourth-order valence-electron chi connectivity index (χ4n) is 3.79. The molecule has 28 heavy (non-hydrogen) atoms. The Bertz CT molecular complexity index is 962. The van der Waals surface area contributed by atoms with Crippen molar-refractivity contribution in [1.29, 1.82) is 5.26 Å². The van der Waals surface area contributed by atoms with Crippen LogP contribution in [0.3, 0.4) is 0 Å².